The topological polar surface area (TPSA) is 133 Å². The Morgan fingerprint density at radius 3 is 2.17 bits per heavy atom. The molecule has 5 heterocycles. The van der Waals surface area contributed by atoms with Gasteiger partial charge in [-0.1, -0.05) is 18.2 Å². The van der Waals surface area contributed by atoms with Gasteiger partial charge in [-0.2, -0.15) is 13.2 Å². The van der Waals surface area contributed by atoms with Crippen molar-refractivity contribution in [3.8, 4) is 11.1 Å². The van der Waals surface area contributed by atoms with E-state index in [9.17, 15) is 28.5 Å². The van der Waals surface area contributed by atoms with Crippen LogP contribution in [0.15, 0.2) is 55.2 Å². The molecular weight excluding hydrogens is 531 g/mol. The highest BCUT2D eigenvalue weighted by molar-refractivity contribution is 5.83. The summed E-state index contributed by atoms with van der Waals surface area (Å²) < 4.78 is 45.6. The second-order valence-electron chi connectivity index (χ2n) is 9.70. The van der Waals surface area contributed by atoms with E-state index >= 15 is 0 Å². The molecule has 0 bridgehead atoms. The van der Waals surface area contributed by atoms with Gasteiger partial charge in [0.1, 0.15) is 30.3 Å². The molecule has 11 nitrogen and oxygen atoms in total. The average molecular weight is 558 g/mol. The quantitative estimate of drug-likeness (QED) is 0.334. The highest BCUT2D eigenvalue weighted by Crippen LogP contribution is 2.33. The van der Waals surface area contributed by atoms with Crippen LogP contribution in [0.5, 0.6) is 0 Å². The fourth-order valence-corrected chi connectivity index (χ4v) is 5.14. The number of ether oxygens (including phenoxy) is 1. The number of halogens is 3. The Balaban J connectivity index is 1.14. The summed E-state index contributed by atoms with van der Waals surface area (Å²) in [6.45, 7) is 2.26. The monoisotopic (exact) mass is 557 g/mol. The van der Waals surface area contributed by atoms with Crippen molar-refractivity contribution < 1.29 is 33.2 Å². The highest BCUT2D eigenvalue weighted by Gasteiger charge is 2.44. The lowest BCUT2D eigenvalue weighted by Gasteiger charge is -2.36. The minimum atomic E-state index is -4.47. The first-order valence-electron chi connectivity index (χ1n) is 12.7. The number of alkyl halides is 3. The van der Waals surface area contributed by atoms with Crippen LogP contribution < -0.4 is 9.80 Å². The molecule has 3 N–H and O–H groups in total. The smallest absolute Gasteiger partial charge is 0.394 e. The van der Waals surface area contributed by atoms with Crippen molar-refractivity contribution in [3.05, 3.63) is 60.9 Å². The number of piperazine rings is 1. The van der Waals surface area contributed by atoms with E-state index in [0.29, 0.717) is 48.7 Å². The van der Waals surface area contributed by atoms with Crippen molar-refractivity contribution in [3.63, 3.8) is 0 Å². The second-order valence-corrected chi connectivity index (χ2v) is 9.70. The first kappa shape index (κ1) is 26.4. The molecule has 40 heavy (non-hydrogen) atoms. The summed E-state index contributed by atoms with van der Waals surface area (Å²) in [5, 5.41) is 30.0. The first-order chi connectivity index (χ1) is 19.2. The standard InChI is InChI=1S/C26H26F3N7O4/c27-26(28,29)19-6-3-16(11-30-19)15-1-4-17(5-2-15)34-7-9-35(10-8-34)23-20-24(32-13-31-23)36(14-33-20)25-22(39)21(38)18(12-37)40-25/h1-6,11,13-14,18,21-22,25,37-39H,7-10,12H2/t18-,21-,22-,25-/m1/s1. The summed E-state index contributed by atoms with van der Waals surface area (Å²) in [6, 6.07) is 10.0. The van der Waals surface area contributed by atoms with E-state index < -0.39 is 43.0 Å². The molecule has 2 fully saturated rings. The molecule has 1 aromatic carbocycles. The zero-order valence-corrected chi connectivity index (χ0v) is 21.1. The Morgan fingerprint density at radius 2 is 1.55 bits per heavy atom. The molecule has 6 rings (SSSR count). The molecule has 2 saturated heterocycles. The Hall–Kier alpha value is -3.85. The van der Waals surface area contributed by atoms with Crippen LogP contribution in [0.4, 0.5) is 24.7 Å². The SMILES string of the molecule is OC[C@H]1O[C@@H](n2cnc3c(N4CCN(c5ccc(-c6ccc(C(F)(F)F)nc6)cc5)CC4)ncnc32)[C@H](O)[C@@H]1O. The van der Waals surface area contributed by atoms with Gasteiger partial charge in [0, 0.05) is 43.6 Å². The third-order valence-corrected chi connectivity index (χ3v) is 7.33. The van der Waals surface area contributed by atoms with Gasteiger partial charge in [-0.05, 0) is 23.8 Å². The molecule has 2 aliphatic heterocycles. The Labute approximate surface area is 226 Å². The molecule has 0 saturated carbocycles. The number of aliphatic hydroxyl groups is 3. The lowest BCUT2D eigenvalue weighted by Crippen LogP contribution is -2.47. The fourth-order valence-electron chi connectivity index (χ4n) is 5.14. The van der Waals surface area contributed by atoms with Gasteiger partial charge >= 0.3 is 6.18 Å². The van der Waals surface area contributed by atoms with Crippen LogP contribution in [-0.4, -0.2) is 90.9 Å². The number of anilines is 2. The van der Waals surface area contributed by atoms with Crippen LogP contribution in [0.25, 0.3) is 22.3 Å². The Bertz CT molecular complexity index is 1470. The Morgan fingerprint density at radius 1 is 0.850 bits per heavy atom. The van der Waals surface area contributed by atoms with Crippen LogP contribution >= 0.6 is 0 Å². The molecule has 0 amide bonds. The summed E-state index contributed by atoms with van der Waals surface area (Å²) in [6.07, 6.45) is -4.69. The minimum Gasteiger partial charge on any atom is -0.394 e. The van der Waals surface area contributed by atoms with Gasteiger partial charge in [-0.25, -0.2) is 15.0 Å². The largest absolute Gasteiger partial charge is 0.433 e. The first-order valence-corrected chi connectivity index (χ1v) is 12.7. The van der Waals surface area contributed by atoms with Gasteiger partial charge < -0.3 is 29.9 Å². The molecule has 3 aromatic heterocycles. The second kappa shape index (κ2) is 10.3. The maximum absolute atomic E-state index is 12.8. The summed E-state index contributed by atoms with van der Waals surface area (Å²) in [5.74, 6) is 0.639. The van der Waals surface area contributed by atoms with Gasteiger partial charge in [0.15, 0.2) is 23.2 Å². The maximum Gasteiger partial charge on any atom is 0.433 e. The lowest BCUT2D eigenvalue weighted by molar-refractivity contribution is -0.141. The number of pyridine rings is 1. The molecule has 0 radical (unpaired) electrons. The van der Waals surface area contributed by atoms with Crippen molar-refractivity contribution in [2.75, 3.05) is 42.6 Å². The zero-order valence-electron chi connectivity index (χ0n) is 21.1. The van der Waals surface area contributed by atoms with Crippen LogP contribution in [0.1, 0.15) is 11.9 Å². The van der Waals surface area contributed by atoms with Gasteiger partial charge in [0.2, 0.25) is 0 Å². The normalized spacial score (nSPS) is 23.8. The van der Waals surface area contributed by atoms with Gasteiger partial charge in [0.05, 0.1) is 12.9 Å². The van der Waals surface area contributed by atoms with Crippen molar-refractivity contribution in [1.29, 1.82) is 0 Å². The van der Waals surface area contributed by atoms with E-state index in [1.54, 1.807) is 0 Å². The van der Waals surface area contributed by atoms with Gasteiger partial charge in [-0.15, -0.1) is 0 Å². The van der Waals surface area contributed by atoms with E-state index in [1.807, 2.05) is 24.3 Å². The number of fused-ring (bicyclic) bond motifs is 1. The molecule has 210 valence electrons. The average Bonchev–Trinajstić information content (AvgIpc) is 3.53. The van der Waals surface area contributed by atoms with E-state index in [2.05, 4.69) is 29.7 Å². The maximum atomic E-state index is 12.8. The molecule has 4 atom stereocenters. The van der Waals surface area contributed by atoms with Crippen molar-refractivity contribution in [1.82, 2.24) is 24.5 Å². The number of hydrogen-bond acceptors (Lipinski definition) is 10. The number of nitrogens with zero attached hydrogens (tertiary/aromatic N) is 7. The molecule has 0 aliphatic carbocycles. The molecule has 4 aromatic rings. The van der Waals surface area contributed by atoms with E-state index in [-0.39, 0.29) is 0 Å². The molecule has 0 unspecified atom stereocenters. The number of aromatic nitrogens is 5. The zero-order chi connectivity index (χ0) is 28.0. The fraction of sp³-hybridized carbons (Fsp3) is 0.385. The van der Waals surface area contributed by atoms with Gasteiger partial charge in [-0.3, -0.25) is 9.55 Å². The van der Waals surface area contributed by atoms with E-state index in [4.69, 9.17) is 4.74 Å². The number of rotatable bonds is 5. The highest BCUT2D eigenvalue weighted by atomic mass is 19.4. The summed E-state index contributed by atoms with van der Waals surface area (Å²) in [7, 11) is 0. The van der Waals surface area contributed by atoms with Crippen molar-refractivity contribution in [2.24, 2.45) is 0 Å². The summed E-state index contributed by atoms with van der Waals surface area (Å²) >= 11 is 0. The number of hydrogen-bond donors (Lipinski definition) is 3. The van der Waals surface area contributed by atoms with E-state index in [1.165, 1.54) is 29.5 Å². The van der Waals surface area contributed by atoms with Crippen LogP contribution in [0.2, 0.25) is 0 Å². The third kappa shape index (κ3) is 4.72. The predicted molar refractivity (Wildman–Crippen MR) is 137 cm³/mol. The van der Waals surface area contributed by atoms with Gasteiger partial charge in [0.25, 0.3) is 0 Å². The number of aliphatic hydroxyl groups excluding tert-OH is 3. The third-order valence-electron chi connectivity index (χ3n) is 7.33. The number of benzene rings is 1. The van der Waals surface area contributed by atoms with Crippen LogP contribution in [-0.2, 0) is 10.9 Å². The molecular formula is C26H26F3N7O4. The van der Waals surface area contributed by atoms with Crippen LogP contribution in [0.3, 0.4) is 0 Å². The minimum absolute atomic E-state index is 0.430. The van der Waals surface area contributed by atoms with Crippen molar-refractivity contribution in [2.45, 2.75) is 30.7 Å². The predicted octanol–water partition coefficient (Wildman–Crippen LogP) is 1.85. The summed E-state index contributed by atoms with van der Waals surface area (Å²) in [5.41, 5.74) is 2.42. The van der Waals surface area contributed by atoms with Crippen LogP contribution in [0, 0.1) is 0 Å². The molecule has 0 spiro atoms. The number of imidazole rings is 1. The molecule has 2 aliphatic rings. The summed E-state index contributed by atoms with van der Waals surface area (Å²) in [4.78, 5) is 21.1. The Kier molecular flexibility index (Phi) is 6.78. The lowest BCUT2D eigenvalue weighted by atomic mass is 10.1. The van der Waals surface area contributed by atoms with E-state index in [0.717, 1.165) is 17.3 Å². The molecule has 14 heteroatoms. The van der Waals surface area contributed by atoms with Crippen molar-refractivity contribution >= 4 is 22.7 Å².